The summed E-state index contributed by atoms with van der Waals surface area (Å²) in [6, 6.07) is 18.1. The van der Waals surface area contributed by atoms with Crippen LogP contribution in [0.2, 0.25) is 0 Å². The highest BCUT2D eigenvalue weighted by Gasteiger charge is 2.44. The number of carbonyl (C=O) groups excluding carboxylic acids is 1. The van der Waals surface area contributed by atoms with Gasteiger partial charge in [-0.25, -0.2) is 4.79 Å². The third kappa shape index (κ3) is 8.77. The van der Waals surface area contributed by atoms with E-state index in [0.717, 1.165) is 17.0 Å². The van der Waals surface area contributed by atoms with Crippen molar-refractivity contribution >= 4 is 11.7 Å². The first kappa shape index (κ1) is 29.6. The van der Waals surface area contributed by atoms with E-state index < -0.39 is 49.9 Å². The van der Waals surface area contributed by atoms with Crippen molar-refractivity contribution in [1.82, 2.24) is 0 Å². The van der Waals surface area contributed by atoms with Gasteiger partial charge in [-0.2, -0.15) is 30.7 Å². The number of hydrogen-bond acceptors (Lipinski definition) is 6. The highest BCUT2D eigenvalue weighted by atomic mass is 19.4. The minimum atomic E-state index is -4.97. The van der Waals surface area contributed by atoms with Crippen LogP contribution in [0.4, 0.5) is 36.4 Å². The summed E-state index contributed by atoms with van der Waals surface area (Å²) in [5, 5.41) is 9.68. The molecule has 0 radical (unpaired) electrons. The van der Waals surface area contributed by atoms with Crippen LogP contribution in [0, 0.1) is 0 Å². The van der Waals surface area contributed by atoms with Crippen molar-refractivity contribution in [2.75, 3.05) is 18.2 Å². The van der Waals surface area contributed by atoms with Crippen molar-refractivity contribution in [3.05, 3.63) is 90.0 Å². The predicted octanol–water partition coefficient (Wildman–Crippen LogP) is 6.05. The van der Waals surface area contributed by atoms with Gasteiger partial charge in [-0.05, 0) is 42.0 Å². The summed E-state index contributed by atoms with van der Waals surface area (Å²) in [5.74, 6) is -1.19. The molecule has 3 aromatic carbocycles. The second-order valence-electron chi connectivity index (χ2n) is 8.11. The average molecular weight is 561 g/mol. The second kappa shape index (κ2) is 12.7. The van der Waals surface area contributed by atoms with Crippen LogP contribution in [-0.4, -0.2) is 49.2 Å². The van der Waals surface area contributed by atoms with Gasteiger partial charge in [0.05, 0.1) is 12.1 Å². The van der Waals surface area contributed by atoms with Gasteiger partial charge in [0.2, 0.25) is 6.79 Å². The molecule has 13 heteroatoms. The van der Waals surface area contributed by atoms with Crippen LogP contribution >= 0.6 is 0 Å². The molecule has 210 valence electrons. The minimum absolute atomic E-state index is 0.105. The zero-order chi connectivity index (χ0) is 28.6. The number of esters is 1. The number of anilines is 1. The maximum atomic E-state index is 13.3. The highest BCUT2D eigenvalue weighted by Crippen LogP contribution is 2.30. The second-order valence-corrected chi connectivity index (χ2v) is 8.11. The smallest absolute Gasteiger partial charge is 0.457 e. The molecule has 0 saturated heterocycles. The zero-order valence-electron chi connectivity index (χ0n) is 20.0. The van der Waals surface area contributed by atoms with Crippen molar-refractivity contribution in [2.24, 2.45) is 0 Å². The molecule has 39 heavy (non-hydrogen) atoms. The Bertz CT molecular complexity index is 1220. The van der Waals surface area contributed by atoms with Crippen LogP contribution in [0.3, 0.4) is 0 Å². The molecule has 0 aliphatic carbocycles. The summed E-state index contributed by atoms with van der Waals surface area (Å²) in [6.07, 6.45) is -16.6. The van der Waals surface area contributed by atoms with E-state index in [1.54, 1.807) is 18.2 Å². The van der Waals surface area contributed by atoms with Gasteiger partial charge in [-0.15, -0.1) is 0 Å². The molecule has 0 aromatic heterocycles. The Kier molecular flexibility index (Phi) is 9.62. The van der Waals surface area contributed by atoms with Crippen LogP contribution in [0.5, 0.6) is 11.5 Å². The topological polar surface area (TPSA) is 68.2 Å². The third-order valence-corrected chi connectivity index (χ3v) is 5.16. The van der Waals surface area contributed by atoms with E-state index in [0.29, 0.717) is 0 Å². The van der Waals surface area contributed by atoms with Gasteiger partial charge in [0.25, 0.3) is 0 Å². The fraction of sp³-hybridized carbons (Fsp3) is 0.269. The summed E-state index contributed by atoms with van der Waals surface area (Å²) in [6.45, 7) is -1.84. The van der Waals surface area contributed by atoms with Gasteiger partial charge in [0.1, 0.15) is 11.5 Å². The lowest BCUT2D eigenvalue weighted by Gasteiger charge is -2.29. The molecule has 0 spiro atoms. The van der Waals surface area contributed by atoms with Crippen LogP contribution < -0.4 is 14.4 Å². The van der Waals surface area contributed by atoms with Gasteiger partial charge in [-0.1, -0.05) is 36.4 Å². The maximum Gasteiger partial charge on any atom is 0.461 e. The molecule has 0 amide bonds. The summed E-state index contributed by atoms with van der Waals surface area (Å²) in [7, 11) is 0. The average Bonchev–Trinajstić information content (AvgIpc) is 2.88. The Morgan fingerprint density at radius 2 is 1.54 bits per heavy atom. The van der Waals surface area contributed by atoms with Crippen LogP contribution in [0.15, 0.2) is 78.9 Å². The Morgan fingerprint density at radius 1 is 0.872 bits per heavy atom. The molecular weight excluding hydrogens is 539 g/mol. The molecule has 0 saturated carbocycles. The number of aliphatic hydroxyl groups excluding tert-OH is 1. The number of carbonyl (C=O) groups is 1. The largest absolute Gasteiger partial charge is 0.461 e. The van der Waals surface area contributed by atoms with E-state index in [-0.39, 0.29) is 29.1 Å². The number of aliphatic hydroxyl groups is 1. The number of alkyl halides is 7. The standard InChI is InChI=1S/C26H22F7NO5/c27-24(28)26(32,33)39-21-11-4-6-17(12-21)14-34(15-22(35)25(29,30)31)19-9-5-10-20(13-19)37-16-38-23(36)18-7-2-1-3-8-18/h1-13,22,24,35H,14-16H2. The lowest BCUT2D eigenvalue weighted by molar-refractivity contribution is -0.253. The summed E-state index contributed by atoms with van der Waals surface area (Å²) in [5.41, 5.74) is 0.518. The fourth-order valence-electron chi connectivity index (χ4n) is 3.28. The first-order chi connectivity index (χ1) is 18.3. The van der Waals surface area contributed by atoms with Gasteiger partial charge in [0.15, 0.2) is 6.10 Å². The van der Waals surface area contributed by atoms with E-state index in [2.05, 4.69) is 4.74 Å². The van der Waals surface area contributed by atoms with E-state index in [4.69, 9.17) is 9.47 Å². The number of hydrogen-bond donors (Lipinski definition) is 1. The molecule has 0 bridgehead atoms. The Balaban J connectivity index is 1.77. The molecule has 3 rings (SSSR count). The zero-order valence-corrected chi connectivity index (χ0v) is 20.0. The van der Waals surface area contributed by atoms with E-state index in [1.165, 1.54) is 48.5 Å². The van der Waals surface area contributed by atoms with Crippen LogP contribution in [0.25, 0.3) is 0 Å². The highest BCUT2D eigenvalue weighted by molar-refractivity contribution is 5.89. The Hall–Kier alpha value is -4.00. The third-order valence-electron chi connectivity index (χ3n) is 5.16. The first-order valence-electron chi connectivity index (χ1n) is 11.2. The summed E-state index contributed by atoms with van der Waals surface area (Å²) < 4.78 is 105. The monoisotopic (exact) mass is 561 g/mol. The Labute approximate surface area is 218 Å². The van der Waals surface area contributed by atoms with Crippen LogP contribution in [0.1, 0.15) is 15.9 Å². The lowest BCUT2D eigenvalue weighted by Crippen LogP contribution is -2.40. The molecule has 0 aliphatic rings. The van der Waals surface area contributed by atoms with Crippen LogP contribution in [-0.2, 0) is 11.3 Å². The minimum Gasteiger partial charge on any atom is -0.457 e. The summed E-state index contributed by atoms with van der Waals surface area (Å²) >= 11 is 0. The van der Waals surface area contributed by atoms with E-state index in [1.807, 2.05) is 0 Å². The molecule has 1 unspecified atom stereocenters. The fourth-order valence-corrected chi connectivity index (χ4v) is 3.28. The molecular formula is C26H22F7NO5. The summed E-state index contributed by atoms with van der Waals surface area (Å²) in [4.78, 5) is 13.1. The maximum absolute atomic E-state index is 13.3. The number of rotatable bonds is 12. The predicted molar refractivity (Wildman–Crippen MR) is 125 cm³/mol. The molecule has 0 aliphatic heterocycles. The van der Waals surface area contributed by atoms with Crippen molar-refractivity contribution in [2.45, 2.75) is 31.4 Å². The number of halogens is 7. The molecule has 0 fully saturated rings. The quantitative estimate of drug-likeness (QED) is 0.165. The SMILES string of the molecule is O=C(OCOc1cccc(N(Cc2cccc(OC(F)(F)C(F)F)c2)CC(O)C(F)(F)F)c1)c1ccccc1. The molecule has 1 N–H and O–H groups in total. The lowest BCUT2D eigenvalue weighted by atomic mass is 10.1. The van der Waals surface area contributed by atoms with Gasteiger partial charge < -0.3 is 24.2 Å². The van der Waals surface area contributed by atoms with Gasteiger partial charge >= 0.3 is 24.7 Å². The van der Waals surface area contributed by atoms with E-state index in [9.17, 15) is 40.6 Å². The van der Waals surface area contributed by atoms with Crippen molar-refractivity contribution in [3.8, 4) is 11.5 Å². The normalized spacial score (nSPS) is 12.6. The van der Waals surface area contributed by atoms with Crippen molar-refractivity contribution in [1.29, 1.82) is 0 Å². The number of nitrogens with zero attached hydrogens (tertiary/aromatic N) is 1. The van der Waals surface area contributed by atoms with E-state index >= 15 is 0 Å². The van der Waals surface area contributed by atoms with Crippen molar-refractivity contribution < 1.29 is 54.8 Å². The molecule has 6 nitrogen and oxygen atoms in total. The van der Waals surface area contributed by atoms with Crippen molar-refractivity contribution in [3.63, 3.8) is 0 Å². The first-order valence-corrected chi connectivity index (χ1v) is 11.2. The molecule has 3 aromatic rings. The molecule has 1 atom stereocenters. The Morgan fingerprint density at radius 3 is 2.21 bits per heavy atom. The molecule has 0 heterocycles. The van der Waals surface area contributed by atoms with Gasteiger partial charge in [-0.3, -0.25) is 0 Å². The van der Waals surface area contributed by atoms with Gasteiger partial charge in [0, 0.05) is 18.3 Å². The number of ether oxygens (including phenoxy) is 3. The number of benzene rings is 3.